The number of sulfonamides is 1. The molecule has 1 aliphatic heterocycles. The Hall–Kier alpha value is -1.81. The highest BCUT2D eigenvalue weighted by Gasteiger charge is 2.29. The van der Waals surface area contributed by atoms with Gasteiger partial charge >= 0.3 is 0 Å². The van der Waals surface area contributed by atoms with Crippen LogP contribution in [0.3, 0.4) is 0 Å². The zero-order valence-electron chi connectivity index (χ0n) is 19.5. The summed E-state index contributed by atoms with van der Waals surface area (Å²) < 4.78 is 27.8. The molecule has 2 heterocycles. The van der Waals surface area contributed by atoms with Gasteiger partial charge in [-0.3, -0.25) is 15.0 Å². The minimum absolute atomic E-state index is 0.0260. The van der Waals surface area contributed by atoms with E-state index in [1.165, 1.54) is 34.6 Å². The van der Waals surface area contributed by atoms with Gasteiger partial charge in [0.1, 0.15) is 0 Å². The molecule has 2 aromatic rings. The molecule has 180 valence electrons. The van der Waals surface area contributed by atoms with Gasteiger partial charge in [-0.05, 0) is 62.9 Å². The van der Waals surface area contributed by atoms with Crippen molar-refractivity contribution >= 4 is 32.4 Å². The second kappa shape index (κ2) is 10.6. The predicted molar refractivity (Wildman–Crippen MR) is 132 cm³/mol. The highest BCUT2D eigenvalue weighted by molar-refractivity contribution is 7.89. The fourth-order valence-corrected chi connectivity index (χ4v) is 6.82. The van der Waals surface area contributed by atoms with Gasteiger partial charge in [0.25, 0.3) is 5.91 Å². The van der Waals surface area contributed by atoms with Gasteiger partial charge in [-0.2, -0.15) is 4.31 Å². The summed E-state index contributed by atoms with van der Waals surface area (Å²) >= 11 is 1.40. The van der Waals surface area contributed by atoms with Gasteiger partial charge in [0.15, 0.2) is 5.13 Å². The van der Waals surface area contributed by atoms with Crippen molar-refractivity contribution in [2.75, 3.05) is 25.5 Å². The Kier molecular flexibility index (Phi) is 7.83. The number of amides is 1. The van der Waals surface area contributed by atoms with E-state index in [0.29, 0.717) is 10.7 Å². The number of thiazole rings is 1. The lowest BCUT2D eigenvalue weighted by atomic mass is 9.96. The number of likely N-dealkylation sites (tertiary alicyclic amines) is 1. The van der Waals surface area contributed by atoms with E-state index in [-0.39, 0.29) is 16.8 Å². The number of anilines is 1. The average molecular weight is 491 g/mol. The van der Waals surface area contributed by atoms with Crippen LogP contribution in [0.2, 0.25) is 0 Å². The molecule has 1 amide bonds. The second-order valence-electron chi connectivity index (χ2n) is 9.40. The Bertz CT molecular complexity index is 1060. The van der Waals surface area contributed by atoms with Crippen molar-refractivity contribution in [3.63, 3.8) is 0 Å². The van der Waals surface area contributed by atoms with E-state index in [1.807, 2.05) is 5.38 Å². The molecule has 7 nitrogen and oxygen atoms in total. The second-order valence-corrected chi connectivity index (χ2v) is 12.3. The lowest BCUT2D eigenvalue weighted by Crippen LogP contribution is -2.38. The van der Waals surface area contributed by atoms with Crippen molar-refractivity contribution in [2.45, 2.75) is 69.4 Å². The first-order chi connectivity index (χ1) is 15.8. The molecule has 2 aliphatic rings. The van der Waals surface area contributed by atoms with E-state index >= 15 is 0 Å². The summed E-state index contributed by atoms with van der Waals surface area (Å²) in [6.07, 6.45) is 7.47. The summed E-state index contributed by atoms with van der Waals surface area (Å²) in [6.45, 7) is 5.25. The van der Waals surface area contributed by atoms with Crippen molar-refractivity contribution in [3.8, 4) is 0 Å². The summed E-state index contributed by atoms with van der Waals surface area (Å²) in [6, 6.07) is 6.32. The Labute approximate surface area is 201 Å². The zero-order chi connectivity index (χ0) is 23.4. The van der Waals surface area contributed by atoms with Crippen LogP contribution in [-0.4, -0.2) is 54.7 Å². The maximum absolute atomic E-state index is 13.2. The fraction of sp³-hybridized carbons (Fsp3) is 0.583. The summed E-state index contributed by atoms with van der Waals surface area (Å²) in [5.41, 5.74) is 1.27. The van der Waals surface area contributed by atoms with Crippen molar-refractivity contribution in [1.82, 2.24) is 14.2 Å². The maximum Gasteiger partial charge on any atom is 0.257 e. The predicted octanol–water partition coefficient (Wildman–Crippen LogP) is 4.58. The third kappa shape index (κ3) is 6.01. The molecule has 1 aliphatic carbocycles. The molecule has 1 aromatic heterocycles. The number of nitrogens with zero attached hydrogens (tertiary/aromatic N) is 3. The first-order valence-electron chi connectivity index (χ1n) is 11.9. The Morgan fingerprint density at radius 2 is 1.91 bits per heavy atom. The highest BCUT2D eigenvalue weighted by atomic mass is 32.2. The lowest BCUT2D eigenvalue weighted by molar-refractivity contribution is 0.102. The van der Waals surface area contributed by atoms with Crippen molar-refractivity contribution in [2.24, 2.45) is 5.92 Å². The summed E-state index contributed by atoms with van der Waals surface area (Å²) in [5, 5.41) is 5.35. The third-order valence-electron chi connectivity index (χ3n) is 6.90. The van der Waals surface area contributed by atoms with E-state index in [2.05, 4.69) is 22.1 Å². The third-order valence-corrected chi connectivity index (χ3v) is 9.61. The average Bonchev–Trinajstić information content (AvgIpc) is 3.27. The van der Waals surface area contributed by atoms with Crippen LogP contribution in [0, 0.1) is 5.92 Å². The number of rotatable bonds is 7. The molecule has 0 atom stereocenters. The van der Waals surface area contributed by atoms with Gasteiger partial charge in [0, 0.05) is 30.6 Å². The molecule has 1 aromatic carbocycles. The molecule has 33 heavy (non-hydrogen) atoms. The van der Waals surface area contributed by atoms with Crippen molar-refractivity contribution < 1.29 is 13.2 Å². The standard InChI is InChI=1S/C24H34N4O3S2/c1-18-11-13-28(14-12-18)16-20-17-32-24(25-20)26-23(29)19-7-6-10-22(15-19)33(30,31)27(2)21-8-4-3-5-9-21/h6-7,10,15,17-18,21H,3-5,8-9,11-14,16H2,1-2H3,(H,25,26,29). The smallest absolute Gasteiger partial charge is 0.257 e. The molecule has 9 heteroatoms. The maximum atomic E-state index is 13.2. The lowest BCUT2D eigenvalue weighted by Gasteiger charge is -2.30. The van der Waals surface area contributed by atoms with E-state index in [9.17, 15) is 13.2 Å². The number of hydrogen-bond acceptors (Lipinski definition) is 6. The van der Waals surface area contributed by atoms with E-state index in [1.54, 1.807) is 25.2 Å². The first kappa shape index (κ1) is 24.3. The number of benzene rings is 1. The molecule has 1 saturated carbocycles. The fourth-order valence-electron chi connectivity index (χ4n) is 4.66. The van der Waals surface area contributed by atoms with Crippen molar-refractivity contribution in [1.29, 1.82) is 0 Å². The summed E-state index contributed by atoms with van der Waals surface area (Å²) in [4.78, 5) is 20.0. The van der Waals surface area contributed by atoms with Crippen LogP contribution < -0.4 is 5.32 Å². The quantitative estimate of drug-likeness (QED) is 0.614. The molecule has 0 unspecified atom stereocenters. The zero-order valence-corrected chi connectivity index (χ0v) is 21.1. The number of piperidine rings is 1. The van der Waals surface area contributed by atoms with E-state index < -0.39 is 10.0 Å². The summed E-state index contributed by atoms with van der Waals surface area (Å²) in [7, 11) is -2.00. The van der Waals surface area contributed by atoms with Gasteiger partial charge in [0.2, 0.25) is 10.0 Å². The largest absolute Gasteiger partial charge is 0.298 e. The van der Waals surface area contributed by atoms with E-state index in [0.717, 1.165) is 63.4 Å². The number of carbonyl (C=O) groups is 1. The number of carbonyl (C=O) groups excluding carboxylic acids is 1. The van der Waals surface area contributed by atoms with Gasteiger partial charge in [0.05, 0.1) is 10.6 Å². The van der Waals surface area contributed by atoms with Crippen LogP contribution >= 0.6 is 11.3 Å². The van der Waals surface area contributed by atoms with Gasteiger partial charge in [-0.15, -0.1) is 11.3 Å². The highest BCUT2D eigenvalue weighted by Crippen LogP contribution is 2.27. The van der Waals surface area contributed by atoms with Crippen LogP contribution in [0.4, 0.5) is 5.13 Å². The van der Waals surface area contributed by atoms with Gasteiger partial charge in [-0.1, -0.05) is 32.3 Å². The summed E-state index contributed by atoms with van der Waals surface area (Å²) in [5.74, 6) is 0.439. The van der Waals surface area contributed by atoms with Crippen LogP contribution in [0.15, 0.2) is 34.5 Å². The van der Waals surface area contributed by atoms with Crippen LogP contribution in [0.25, 0.3) is 0 Å². The molecule has 0 spiro atoms. The normalized spacial score (nSPS) is 19.1. The van der Waals surface area contributed by atoms with Crippen LogP contribution in [-0.2, 0) is 16.6 Å². The molecular formula is C24H34N4O3S2. The SMILES string of the molecule is CC1CCN(Cc2csc(NC(=O)c3cccc(S(=O)(=O)N(C)C4CCCCC4)c3)n2)CC1. The van der Waals surface area contributed by atoms with Crippen LogP contribution in [0.5, 0.6) is 0 Å². The minimum atomic E-state index is -3.65. The molecule has 1 saturated heterocycles. The monoisotopic (exact) mass is 490 g/mol. The van der Waals surface area contributed by atoms with Gasteiger partial charge < -0.3 is 0 Å². The Balaban J connectivity index is 1.40. The van der Waals surface area contributed by atoms with Crippen LogP contribution in [0.1, 0.15) is 67.9 Å². The molecule has 1 N–H and O–H groups in total. The Morgan fingerprint density at radius 1 is 1.18 bits per heavy atom. The minimum Gasteiger partial charge on any atom is -0.298 e. The first-order valence-corrected chi connectivity index (χ1v) is 14.2. The molecule has 0 bridgehead atoms. The topological polar surface area (TPSA) is 82.6 Å². The van der Waals surface area contributed by atoms with Gasteiger partial charge in [-0.25, -0.2) is 13.4 Å². The Morgan fingerprint density at radius 3 is 2.64 bits per heavy atom. The number of hydrogen-bond donors (Lipinski definition) is 1. The molecular weight excluding hydrogens is 456 g/mol. The number of nitrogens with one attached hydrogen (secondary N) is 1. The molecule has 2 fully saturated rings. The molecule has 0 radical (unpaired) electrons. The van der Waals surface area contributed by atoms with E-state index in [4.69, 9.17) is 0 Å². The number of aromatic nitrogens is 1. The molecule has 4 rings (SSSR count). The van der Waals surface area contributed by atoms with Crippen molar-refractivity contribution in [3.05, 3.63) is 40.9 Å².